The Morgan fingerprint density at radius 2 is 1.91 bits per heavy atom. The lowest BCUT2D eigenvalue weighted by atomic mass is 10.0. The fourth-order valence-corrected chi connectivity index (χ4v) is 5.51. The number of carbonyl (C=O) groups excluding carboxylic acids is 2. The second-order valence-electron chi connectivity index (χ2n) is 8.15. The van der Waals surface area contributed by atoms with Gasteiger partial charge in [0.2, 0.25) is 0 Å². The third-order valence-corrected chi connectivity index (χ3v) is 7.20. The minimum atomic E-state index is -0.248. The number of amides is 3. The van der Waals surface area contributed by atoms with Gasteiger partial charge in [-0.25, -0.2) is 4.79 Å². The molecule has 0 bridgehead atoms. The van der Waals surface area contributed by atoms with Crippen LogP contribution in [0.3, 0.4) is 0 Å². The number of nitrogens with one attached hydrogen (secondary N) is 3. The molecule has 34 heavy (non-hydrogen) atoms. The molecular weight excluding hydrogens is 446 g/mol. The van der Waals surface area contributed by atoms with Crippen LogP contribution in [0.2, 0.25) is 0 Å². The van der Waals surface area contributed by atoms with Gasteiger partial charge in [0.25, 0.3) is 5.91 Å². The van der Waals surface area contributed by atoms with E-state index in [9.17, 15) is 14.9 Å². The van der Waals surface area contributed by atoms with E-state index in [0.29, 0.717) is 42.2 Å². The van der Waals surface area contributed by atoms with E-state index in [1.807, 2.05) is 30.5 Å². The second-order valence-corrected chi connectivity index (χ2v) is 9.26. The van der Waals surface area contributed by atoms with E-state index >= 15 is 0 Å². The highest BCUT2D eigenvalue weighted by Crippen LogP contribution is 2.37. The van der Waals surface area contributed by atoms with Gasteiger partial charge in [0, 0.05) is 40.6 Å². The van der Waals surface area contributed by atoms with Gasteiger partial charge < -0.3 is 20.5 Å². The fraction of sp³-hybridized carbons (Fsp3) is 0.192. The number of rotatable bonds is 5. The zero-order valence-electron chi connectivity index (χ0n) is 18.4. The Labute approximate surface area is 201 Å². The van der Waals surface area contributed by atoms with Crippen molar-refractivity contribution >= 4 is 39.2 Å². The maximum atomic E-state index is 12.8. The van der Waals surface area contributed by atoms with Crippen molar-refractivity contribution in [1.29, 1.82) is 5.26 Å². The molecule has 2 aromatic carbocycles. The predicted molar refractivity (Wildman–Crippen MR) is 133 cm³/mol. The fourth-order valence-electron chi connectivity index (χ4n) is 4.30. The number of thiophene rings is 1. The van der Waals surface area contributed by atoms with E-state index in [1.165, 1.54) is 22.3 Å². The number of hydrogen-bond donors (Lipinski definition) is 3. The monoisotopic (exact) mass is 469 g/mol. The zero-order chi connectivity index (χ0) is 23.5. The van der Waals surface area contributed by atoms with Crippen LogP contribution in [0.1, 0.15) is 31.9 Å². The Bertz CT molecular complexity index is 1400. The van der Waals surface area contributed by atoms with Crippen LogP contribution in [0.15, 0.2) is 60.8 Å². The summed E-state index contributed by atoms with van der Waals surface area (Å²) in [4.78, 5) is 31.3. The molecule has 8 heteroatoms. The van der Waals surface area contributed by atoms with Crippen molar-refractivity contribution in [2.45, 2.75) is 19.4 Å². The van der Waals surface area contributed by atoms with E-state index in [0.717, 1.165) is 22.4 Å². The number of nitriles is 1. The smallest absolute Gasteiger partial charge is 0.317 e. The number of carbonyl (C=O) groups is 2. The van der Waals surface area contributed by atoms with Crippen molar-refractivity contribution < 1.29 is 9.59 Å². The number of hydrogen-bond acceptors (Lipinski definition) is 4. The molecule has 0 fully saturated rings. The maximum Gasteiger partial charge on any atom is 0.317 e. The first-order valence-electron chi connectivity index (χ1n) is 11.1. The number of aromatic nitrogens is 1. The molecule has 0 unspecified atom stereocenters. The molecule has 3 heterocycles. The summed E-state index contributed by atoms with van der Waals surface area (Å²) in [7, 11) is 0. The van der Waals surface area contributed by atoms with Gasteiger partial charge in [-0.1, -0.05) is 36.4 Å². The third kappa shape index (κ3) is 4.26. The highest BCUT2D eigenvalue weighted by Gasteiger charge is 2.27. The van der Waals surface area contributed by atoms with Crippen LogP contribution in [0.25, 0.3) is 10.9 Å². The lowest BCUT2D eigenvalue weighted by molar-refractivity contribution is 0.102. The van der Waals surface area contributed by atoms with Crippen LogP contribution in [0.4, 0.5) is 9.80 Å². The average Bonchev–Trinajstić information content (AvgIpc) is 3.44. The van der Waals surface area contributed by atoms with Crippen molar-refractivity contribution in [3.8, 4) is 6.07 Å². The molecule has 3 N–H and O–H groups in total. The van der Waals surface area contributed by atoms with Crippen molar-refractivity contribution in [3.63, 3.8) is 0 Å². The zero-order valence-corrected chi connectivity index (χ0v) is 19.2. The molecule has 0 spiro atoms. The van der Waals surface area contributed by atoms with Crippen LogP contribution in [-0.4, -0.2) is 34.9 Å². The number of urea groups is 1. The molecule has 0 saturated carbocycles. The summed E-state index contributed by atoms with van der Waals surface area (Å²) >= 11 is 1.37. The summed E-state index contributed by atoms with van der Waals surface area (Å²) in [6.07, 6.45) is 3.32. The van der Waals surface area contributed by atoms with Gasteiger partial charge in [0.05, 0.1) is 12.1 Å². The Balaban J connectivity index is 1.22. The molecule has 5 rings (SSSR count). The van der Waals surface area contributed by atoms with Crippen molar-refractivity contribution in [1.82, 2.24) is 15.2 Å². The first-order chi connectivity index (χ1) is 16.6. The normalized spacial score (nSPS) is 12.7. The minimum absolute atomic E-state index is 0.118. The molecule has 0 radical (unpaired) electrons. The van der Waals surface area contributed by atoms with Crippen LogP contribution in [-0.2, 0) is 19.4 Å². The van der Waals surface area contributed by atoms with Crippen LogP contribution in [0, 0.1) is 11.3 Å². The second kappa shape index (κ2) is 9.41. The average molecular weight is 470 g/mol. The number of H-pyrrole nitrogens is 1. The molecule has 3 amide bonds. The Morgan fingerprint density at radius 3 is 2.74 bits per heavy atom. The molecular formula is C26H23N5O2S. The number of nitrogens with zero attached hydrogens (tertiary/aromatic N) is 2. The van der Waals surface area contributed by atoms with Gasteiger partial charge in [-0.2, -0.15) is 5.26 Å². The molecule has 0 saturated heterocycles. The summed E-state index contributed by atoms with van der Waals surface area (Å²) in [6, 6.07) is 19.2. The highest BCUT2D eigenvalue weighted by atomic mass is 32.1. The maximum absolute atomic E-state index is 12.8. The molecule has 1 aliphatic rings. The Hall–Kier alpha value is -4.09. The van der Waals surface area contributed by atoms with Crippen LogP contribution in [0.5, 0.6) is 0 Å². The predicted octanol–water partition coefficient (Wildman–Crippen LogP) is 4.66. The van der Waals surface area contributed by atoms with Crippen LogP contribution < -0.4 is 10.6 Å². The third-order valence-electron chi connectivity index (χ3n) is 6.06. The first-order valence-corrected chi connectivity index (χ1v) is 11.9. The van der Waals surface area contributed by atoms with Gasteiger partial charge in [-0.3, -0.25) is 4.79 Å². The summed E-state index contributed by atoms with van der Waals surface area (Å²) in [6.45, 7) is 1.49. The van der Waals surface area contributed by atoms with Gasteiger partial charge in [0.1, 0.15) is 11.1 Å². The van der Waals surface area contributed by atoms with E-state index in [4.69, 9.17) is 0 Å². The quantitative estimate of drug-likeness (QED) is 0.396. The standard InChI is InChI=1S/C26H23N5O2S/c27-14-21-20-11-13-31(16-23(20)34-25(21)30-24(32)17-6-2-1-3-7-17)26(33)28-12-10-18-15-29-22-9-5-4-8-19(18)22/h1-9,15,29H,10-13,16H2,(H,28,33)(H,30,32). The van der Waals surface area contributed by atoms with Gasteiger partial charge in [0.15, 0.2) is 0 Å². The first kappa shape index (κ1) is 21.7. The van der Waals surface area contributed by atoms with Crippen LogP contribution >= 0.6 is 11.3 Å². The highest BCUT2D eigenvalue weighted by molar-refractivity contribution is 7.16. The van der Waals surface area contributed by atoms with Gasteiger partial charge in [-0.05, 0) is 42.2 Å². The number of benzene rings is 2. The number of fused-ring (bicyclic) bond motifs is 2. The van der Waals surface area contributed by atoms with Crippen molar-refractivity contribution in [2.75, 3.05) is 18.4 Å². The lowest BCUT2D eigenvalue weighted by Crippen LogP contribution is -2.43. The molecule has 2 aromatic heterocycles. The largest absolute Gasteiger partial charge is 0.361 e. The van der Waals surface area contributed by atoms with Gasteiger partial charge in [-0.15, -0.1) is 11.3 Å². The number of anilines is 1. The molecule has 0 atom stereocenters. The molecule has 4 aromatic rings. The number of para-hydroxylation sites is 1. The Kier molecular flexibility index (Phi) is 6.02. The number of aromatic amines is 1. The summed E-state index contributed by atoms with van der Waals surface area (Å²) in [5.41, 5.74) is 4.23. The SMILES string of the molecule is N#Cc1c(NC(=O)c2ccccc2)sc2c1CCN(C(=O)NCCc1c[nH]c3ccccc13)C2. The molecule has 7 nitrogen and oxygen atoms in total. The lowest BCUT2D eigenvalue weighted by Gasteiger charge is -2.27. The molecule has 170 valence electrons. The van der Waals surface area contributed by atoms with Crippen molar-refractivity contribution in [2.24, 2.45) is 0 Å². The van der Waals surface area contributed by atoms with E-state index in [-0.39, 0.29) is 11.9 Å². The minimum Gasteiger partial charge on any atom is -0.361 e. The molecule has 1 aliphatic heterocycles. The molecule has 0 aliphatic carbocycles. The van der Waals surface area contributed by atoms with E-state index in [2.05, 4.69) is 27.8 Å². The summed E-state index contributed by atoms with van der Waals surface area (Å²) < 4.78 is 0. The van der Waals surface area contributed by atoms with E-state index < -0.39 is 0 Å². The van der Waals surface area contributed by atoms with Gasteiger partial charge >= 0.3 is 6.03 Å². The summed E-state index contributed by atoms with van der Waals surface area (Å²) in [5.74, 6) is -0.248. The topological polar surface area (TPSA) is 101 Å². The summed E-state index contributed by atoms with van der Waals surface area (Å²) in [5, 5.41) is 17.3. The van der Waals surface area contributed by atoms with E-state index in [1.54, 1.807) is 29.2 Å². The Morgan fingerprint density at radius 1 is 1.12 bits per heavy atom. The van der Waals surface area contributed by atoms with Crippen molar-refractivity contribution in [3.05, 3.63) is 87.9 Å².